The van der Waals surface area contributed by atoms with Gasteiger partial charge >= 0.3 is 0 Å². The first kappa shape index (κ1) is 12.9. The molecular formula is C16H17N3O. The normalized spacial score (nSPS) is 16.4. The fourth-order valence-electron chi connectivity index (χ4n) is 2.69. The number of fused-ring (bicyclic) bond motifs is 1. The molecule has 0 saturated heterocycles. The van der Waals surface area contributed by atoms with Crippen molar-refractivity contribution < 1.29 is 4.74 Å². The van der Waals surface area contributed by atoms with Crippen LogP contribution in [-0.4, -0.2) is 24.2 Å². The van der Waals surface area contributed by atoms with Crippen LogP contribution in [0.5, 0.6) is 0 Å². The average molecular weight is 267 g/mol. The van der Waals surface area contributed by atoms with Gasteiger partial charge in [-0.25, -0.2) is 0 Å². The highest BCUT2D eigenvalue weighted by molar-refractivity contribution is 5.93. The number of anilines is 1. The summed E-state index contributed by atoms with van der Waals surface area (Å²) in [5.74, 6) is 0. The average Bonchev–Trinajstić information content (AvgIpc) is 2.46. The minimum atomic E-state index is -0.0723. The highest BCUT2D eigenvalue weighted by atomic mass is 16.5. The van der Waals surface area contributed by atoms with Crippen molar-refractivity contribution in [1.29, 1.82) is 5.26 Å². The quantitative estimate of drug-likeness (QED) is 0.924. The van der Waals surface area contributed by atoms with Gasteiger partial charge in [-0.1, -0.05) is 18.2 Å². The summed E-state index contributed by atoms with van der Waals surface area (Å²) < 4.78 is 5.62. The van der Waals surface area contributed by atoms with E-state index in [1.54, 1.807) is 13.3 Å². The van der Waals surface area contributed by atoms with E-state index < -0.39 is 0 Å². The molecular weight excluding hydrogens is 250 g/mol. The number of pyridine rings is 1. The predicted molar refractivity (Wildman–Crippen MR) is 78.5 cm³/mol. The Labute approximate surface area is 118 Å². The predicted octanol–water partition coefficient (Wildman–Crippen LogP) is 3.09. The minimum Gasteiger partial charge on any atom is -0.380 e. The smallest absolute Gasteiger partial charge is 0.103 e. The lowest BCUT2D eigenvalue weighted by Gasteiger charge is -2.40. The van der Waals surface area contributed by atoms with E-state index in [9.17, 15) is 5.26 Å². The van der Waals surface area contributed by atoms with Gasteiger partial charge in [0.05, 0.1) is 22.4 Å². The van der Waals surface area contributed by atoms with E-state index in [-0.39, 0.29) is 5.60 Å². The molecule has 1 aliphatic rings. The molecule has 0 aliphatic heterocycles. The first-order valence-corrected chi connectivity index (χ1v) is 6.85. The second-order valence-electron chi connectivity index (χ2n) is 5.27. The number of rotatable bonds is 4. The number of nitrogens with zero attached hydrogens (tertiary/aromatic N) is 2. The zero-order valence-corrected chi connectivity index (χ0v) is 11.5. The molecule has 0 radical (unpaired) electrons. The number of hydrogen-bond acceptors (Lipinski definition) is 4. The van der Waals surface area contributed by atoms with Crippen LogP contribution in [0, 0.1) is 11.3 Å². The first-order chi connectivity index (χ1) is 9.78. The number of hydrogen-bond donors (Lipinski definition) is 1. The Kier molecular flexibility index (Phi) is 3.29. The van der Waals surface area contributed by atoms with Crippen molar-refractivity contribution in [3.05, 3.63) is 36.0 Å². The molecule has 20 heavy (non-hydrogen) atoms. The van der Waals surface area contributed by atoms with Gasteiger partial charge in [0.15, 0.2) is 0 Å². The molecule has 2 aromatic rings. The van der Waals surface area contributed by atoms with Crippen LogP contribution in [0.15, 0.2) is 30.5 Å². The lowest BCUT2D eigenvalue weighted by Crippen LogP contribution is -2.45. The van der Waals surface area contributed by atoms with Gasteiger partial charge in [-0.15, -0.1) is 0 Å². The lowest BCUT2D eigenvalue weighted by molar-refractivity contribution is -0.0601. The molecule has 0 spiro atoms. The van der Waals surface area contributed by atoms with Gasteiger partial charge in [-0.2, -0.15) is 5.26 Å². The number of nitriles is 1. The topological polar surface area (TPSA) is 57.9 Å². The summed E-state index contributed by atoms with van der Waals surface area (Å²) in [4.78, 5) is 4.32. The monoisotopic (exact) mass is 267 g/mol. The van der Waals surface area contributed by atoms with E-state index in [4.69, 9.17) is 4.74 Å². The number of ether oxygens (including phenoxy) is 1. The maximum absolute atomic E-state index is 9.27. The van der Waals surface area contributed by atoms with Crippen molar-refractivity contribution in [2.45, 2.75) is 24.9 Å². The van der Waals surface area contributed by atoms with Gasteiger partial charge < -0.3 is 10.1 Å². The van der Waals surface area contributed by atoms with Crippen LogP contribution in [0.2, 0.25) is 0 Å². The van der Waals surface area contributed by atoms with E-state index in [1.807, 2.05) is 24.3 Å². The van der Waals surface area contributed by atoms with Gasteiger partial charge in [0.25, 0.3) is 0 Å². The molecule has 102 valence electrons. The molecule has 1 aromatic carbocycles. The van der Waals surface area contributed by atoms with Crippen molar-refractivity contribution in [2.24, 2.45) is 0 Å². The van der Waals surface area contributed by atoms with E-state index in [1.165, 1.54) is 6.42 Å². The van der Waals surface area contributed by atoms with E-state index >= 15 is 0 Å². The summed E-state index contributed by atoms with van der Waals surface area (Å²) in [5, 5.41) is 13.7. The largest absolute Gasteiger partial charge is 0.380 e. The Morgan fingerprint density at radius 3 is 2.85 bits per heavy atom. The molecule has 0 unspecified atom stereocenters. The Morgan fingerprint density at radius 2 is 2.20 bits per heavy atom. The SMILES string of the molecule is COC1(CNc2c(C#N)cnc3ccccc23)CCC1. The van der Waals surface area contributed by atoms with Gasteiger partial charge in [0.2, 0.25) is 0 Å². The second-order valence-corrected chi connectivity index (χ2v) is 5.27. The van der Waals surface area contributed by atoms with Crippen LogP contribution >= 0.6 is 0 Å². The Hall–Kier alpha value is -2.12. The molecule has 1 fully saturated rings. The summed E-state index contributed by atoms with van der Waals surface area (Å²) in [6.07, 6.45) is 4.98. The molecule has 1 saturated carbocycles. The van der Waals surface area contributed by atoms with Crippen LogP contribution in [-0.2, 0) is 4.74 Å². The molecule has 1 N–H and O–H groups in total. The van der Waals surface area contributed by atoms with Crippen LogP contribution in [0.1, 0.15) is 24.8 Å². The molecule has 4 nitrogen and oxygen atoms in total. The Morgan fingerprint density at radius 1 is 1.40 bits per heavy atom. The van der Waals surface area contributed by atoms with Crippen LogP contribution in [0.4, 0.5) is 5.69 Å². The van der Waals surface area contributed by atoms with Crippen molar-refractivity contribution in [3.63, 3.8) is 0 Å². The summed E-state index contributed by atoms with van der Waals surface area (Å²) >= 11 is 0. The molecule has 0 amide bonds. The van der Waals surface area contributed by atoms with Crippen molar-refractivity contribution in [3.8, 4) is 6.07 Å². The lowest BCUT2D eigenvalue weighted by atomic mass is 9.80. The van der Waals surface area contributed by atoms with Gasteiger partial charge in [-0.05, 0) is 25.3 Å². The first-order valence-electron chi connectivity index (χ1n) is 6.85. The third kappa shape index (κ3) is 2.10. The summed E-state index contributed by atoms with van der Waals surface area (Å²) in [5.41, 5.74) is 2.27. The standard InChI is InChI=1S/C16H17N3O/c1-20-16(7-4-8-16)11-19-15-12(9-17)10-18-14-6-3-2-5-13(14)15/h2-3,5-6,10H,4,7-8,11H2,1H3,(H,18,19). The maximum Gasteiger partial charge on any atom is 0.103 e. The van der Waals surface area contributed by atoms with Crippen molar-refractivity contribution >= 4 is 16.6 Å². The summed E-state index contributed by atoms with van der Waals surface area (Å²) in [6.45, 7) is 0.728. The minimum absolute atomic E-state index is 0.0723. The number of aromatic nitrogens is 1. The molecule has 3 rings (SSSR count). The highest BCUT2D eigenvalue weighted by Crippen LogP contribution is 2.36. The van der Waals surface area contributed by atoms with Crippen LogP contribution in [0.3, 0.4) is 0 Å². The van der Waals surface area contributed by atoms with E-state index in [0.717, 1.165) is 36.0 Å². The fraction of sp³-hybridized carbons (Fsp3) is 0.375. The van der Waals surface area contributed by atoms with Crippen molar-refractivity contribution in [1.82, 2.24) is 4.98 Å². The zero-order chi connectivity index (χ0) is 14.0. The van der Waals surface area contributed by atoms with Gasteiger partial charge in [0, 0.05) is 25.2 Å². The Balaban J connectivity index is 1.95. The summed E-state index contributed by atoms with van der Waals surface area (Å²) in [6, 6.07) is 10.1. The fourth-order valence-corrected chi connectivity index (χ4v) is 2.69. The summed E-state index contributed by atoms with van der Waals surface area (Å²) in [7, 11) is 1.76. The van der Waals surface area contributed by atoms with Gasteiger partial charge in [-0.3, -0.25) is 4.98 Å². The van der Waals surface area contributed by atoms with E-state index in [2.05, 4.69) is 16.4 Å². The number of nitrogens with one attached hydrogen (secondary N) is 1. The van der Waals surface area contributed by atoms with Crippen molar-refractivity contribution in [2.75, 3.05) is 19.0 Å². The second kappa shape index (κ2) is 5.10. The molecule has 0 atom stereocenters. The zero-order valence-electron chi connectivity index (χ0n) is 11.5. The van der Waals surface area contributed by atoms with Gasteiger partial charge in [0.1, 0.15) is 6.07 Å². The number of benzene rings is 1. The molecule has 1 aliphatic carbocycles. The van der Waals surface area contributed by atoms with E-state index in [0.29, 0.717) is 5.56 Å². The number of methoxy groups -OCH3 is 1. The maximum atomic E-state index is 9.27. The molecule has 4 heteroatoms. The highest BCUT2D eigenvalue weighted by Gasteiger charge is 2.36. The third-order valence-corrected chi connectivity index (χ3v) is 4.18. The Bertz CT molecular complexity index is 665. The number of para-hydroxylation sites is 1. The molecule has 1 aromatic heterocycles. The van der Waals surface area contributed by atoms with Crippen LogP contribution in [0.25, 0.3) is 10.9 Å². The molecule has 1 heterocycles. The molecule has 0 bridgehead atoms. The van der Waals surface area contributed by atoms with Crippen LogP contribution < -0.4 is 5.32 Å². The third-order valence-electron chi connectivity index (χ3n) is 4.18.